The second-order valence-corrected chi connectivity index (χ2v) is 7.27. The molecular formula is C26H18N3+. The highest BCUT2D eigenvalue weighted by atomic mass is 15.1. The van der Waals surface area contributed by atoms with Gasteiger partial charge in [0.05, 0.1) is 5.56 Å². The lowest BCUT2D eigenvalue weighted by Crippen LogP contribution is -2.68. The van der Waals surface area contributed by atoms with Crippen LogP contribution in [0.1, 0.15) is 5.56 Å². The molecule has 5 aromatic rings. The SMILES string of the molecule is c1cc(/[NH+]=C2\Nc3cccc4cccc2c34)nc(-c2cccc3ccccc23)c1. The van der Waals surface area contributed by atoms with Crippen molar-refractivity contribution in [3.8, 4) is 11.3 Å². The molecule has 0 unspecified atom stereocenters. The largest absolute Gasteiger partial charge is 0.272 e. The van der Waals surface area contributed by atoms with Crippen LogP contribution in [-0.2, 0) is 0 Å². The van der Waals surface area contributed by atoms with Crippen LogP contribution in [0.5, 0.6) is 0 Å². The van der Waals surface area contributed by atoms with Crippen LogP contribution < -0.4 is 10.3 Å². The Bertz CT molecular complexity index is 1420. The summed E-state index contributed by atoms with van der Waals surface area (Å²) >= 11 is 0. The van der Waals surface area contributed by atoms with Crippen LogP contribution in [0.15, 0.2) is 97.1 Å². The van der Waals surface area contributed by atoms with Gasteiger partial charge in [-0.25, -0.2) is 4.99 Å². The van der Waals surface area contributed by atoms with E-state index in [1.807, 2.05) is 6.07 Å². The lowest BCUT2D eigenvalue weighted by Gasteiger charge is -2.04. The number of rotatable bonds is 2. The molecule has 0 aliphatic carbocycles. The first-order valence-electron chi connectivity index (χ1n) is 9.75. The van der Waals surface area contributed by atoms with Gasteiger partial charge in [-0.1, -0.05) is 72.8 Å². The first kappa shape index (κ1) is 16.0. The van der Waals surface area contributed by atoms with Gasteiger partial charge in [0.25, 0.3) is 5.82 Å². The maximum absolute atomic E-state index is 4.91. The van der Waals surface area contributed by atoms with Crippen LogP contribution in [0.25, 0.3) is 32.8 Å². The first-order chi connectivity index (χ1) is 14.4. The average molecular weight is 372 g/mol. The number of fused-ring (bicyclic) bond motifs is 1. The summed E-state index contributed by atoms with van der Waals surface area (Å²) < 4.78 is 0. The van der Waals surface area contributed by atoms with Gasteiger partial charge in [-0.3, -0.25) is 5.32 Å². The molecule has 1 aromatic heterocycles. The summed E-state index contributed by atoms with van der Waals surface area (Å²) in [4.78, 5) is 8.41. The zero-order valence-corrected chi connectivity index (χ0v) is 15.7. The molecule has 6 rings (SSSR count). The number of amidine groups is 1. The fourth-order valence-corrected chi connectivity index (χ4v) is 4.19. The molecule has 1 aliphatic rings. The van der Waals surface area contributed by atoms with E-state index in [-0.39, 0.29) is 0 Å². The third-order valence-corrected chi connectivity index (χ3v) is 5.50. The quantitative estimate of drug-likeness (QED) is 0.474. The molecule has 3 heteroatoms. The molecule has 0 atom stereocenters. The van der Waals surface area contributed by atoms with Crippen molar-refractivity contribution < 1.29 is 4.99 Å². The lowest BCUT2D eigenvalue weighted by atomic mass is 10.0. The monoisotopic (exact) mass is 372 g/mol. The summed E-state index contributed by atoms with van der Waals surface area (Å²) in [5.74, 6) is 1.79. The van der Waals surface area contributed by atoms with Gasteiger partial charge >= 0.3 is 0 Å². The van der Waals surface area contributed by atoms with Crippen molar-refractivity contribution in [1.29, 1.82) is 0 Å². The Labute approximate surface area is 168 Å². The van der Waals surface area contributed by atoms with Crippen LogP contribution in [-0.4, -0.2) is 10.8 Å². The Morgan fingerprint density at radius 2 is 1.34 bits per heavy atom. The van der Waals surface area contributed by atoms with E-state index >= 15 is 0 Å². The van der Waals surface area contributed by atoms with E-state index in [9.17, 15) is 0 Å². The van der Waals surface area contributed by atoms with Crippen molar-refractivity contribution in [3.05, 3.63) is 103 Å². The molecular weight excluding hydrogens is 354 g/mol. The minimum Gasteiger partial charge on any atom is -0.272 e. The van der Waals surface area contributed by atoms with E-state index in [0.717, 1.165) is 28.6 Å². The molecule has 136 valence electrons. The highest BCUT2D eigenvalue weighted by Crippen LogP contribution is 2.32. The minimum absolute atomic E-state index is 0.822. The highest BCUT2D eigenvalue weighted by Gasteiger charge is 2.23. The van der Waals surface area contributed by atoms with Crippen LogP contribution in [0.3, 0.4) is 0 Å². The Morgan fingerprint density at radius 1 is 0.621 bits per heavy atom. The summed E-state index contributed by atoms with van der Waals surface area (Å²) in [7, 11) is 0. The van der Waals surface area contributed by atoms with Crippen molar-refractivity contribution in [2.24, 2.45) is 0 Å². The topological polar surface area (TPSA) is 38.9 Å². The number of nitrogens with zero attached hydrogens (tertiary/aromatic N) is 1. The predicted molar refractivity (Wildman–Crippen MR) is 119 cm³/mol. The van der Waals surface area contributed by atoms with Gasteiger partial charge in [-0.15, -0.1) is 4.98 Å². The average Bonchev–Trinajstić information content (AvgIpc) is 3.13. The number of benzene rings is 4. The number of hydrogen-bond acceptors (Lipinski definition) is 1. The zero-order chi connectivity index (χ0) is 19.2. The van der Waals surface area contributed by atoms with Crippen molar-refractivity contribution >= 4 is 38.9 Å². The van der Waals surface area contributed by atoms with Crippen LogP contribution in [0.2, 0.25) is 0 Å². The van der Waals surface area contributed by atoms with Crippen molar-refractivity contribution in [3.63, 3.8) is 0 Å². The van der Waals surface area contributed by atoms with Gasteiger partial charge in [0.1, 0.15) is 11.4 Å². The predicted octanol–water partition coefficient (Wildman–Crippen LogP) is 4.64. The molecule has 0 bridgehead atoms. The molecule has 4 aromatic carbocycles. The Hall–Kier alpha value is -3.98. The van der Waals surface area contributed by atoms with Gasteiger partial charge in [0, 0.05) is 17.0 Å². The first-order valence-corrected chi connectivity index (χ1v) is 9.75. The molecule has 0 spiro atoms. The minimum atomic E-state index is 0.822. The maximum atomic E-state index is 4.91. The molecule has 2 heterocycles. The summed E-state index contributed by atoms with van der Waals surface area (Å²) in [6, 6.07) is 33.6. The maximum Gasteiger partial charge on any atom is 0.261 e. The van der Waals surface area contributed by atoms with Gasteiger partial charge in [-0.05, 0) is 34.4 Å². The number of aromatic nitrogens is 1. The Morgan fingerprint density at radius 3 is 2.28 bits per heavy atom. The Balaban J connectivity index is 1.47. The summed E-state index contributed by atoms with van der Waals surface area (Å²) in [6.07, 6.45) is 0. The molecule has 0 saturated carbocycles. The van der Waals surface area contributed by atoms with Crippen molar-refractivity contribution in [1.82, 2.24) is 4.98 Å². The summed E-state index contributed by atoms with van der Waals surface area (Å²) in [5.41, 5.74) is 4.41. The summed E-state index contributed by atoms with van der Waals surface area (Å²) in [6.45, 7) is 0. The fraction of sp³-hybridized carbons (Fsp3) is 0. The van der Waals surface area contributed by atoms with E-state index in [0.29, 0.717) is 0 Å². The molecule has 3 nitrogen and oxygen atoms in total. The van der Waals surface area contributed by atoms with Crippen LogP contribution >= 0.6 is 0 Å². The molecule has 29 heavy (non-hydrogen) atoms. The normalized spacial score (nSPS) is 13.9. The Kier molecular flexibility index (Phi) is 3.47. The van der Waals surface area contributed by atoms with E-state index in [1.54, 1.807) is 0 Å². The van der Waals surface area contributed by atoms with Gasteiger partial charge < -0.3 is 0 Å². The third kappa shape index (κ3) is 2.59. The standard InChI is InChI=1S/C26H17N3/c1-2-11-19-17(7-1)8-3-12-20(19)22-14-6-16-24(27-22)29-26-21-13-4-9-18-10-5-15-23(28-26)25(18)21/h1-16H,(H,27,28,29)/p+1. The number of nitrogens with one attached hydrogen (secondary N) is 2. The van der Waals surface area contributed by atoms with Crippen LogP contribution in [0, 0.1) is 0 Å². The van der Waals surface area contributed by atoms with E-state index in [4.69, 9.17) is 4.98 Å². The van der Waals surface area contributed by atoms with E-state index in [1.165, 1.54) is 27.1 Å². The molecule has 0 amide bonds. The zero-order valence-electron chi connectivity index (χ0n) is 15.7. The smallest absolute Gasteiger partial charge is 0.261 e. The molecule has 0 fully saturated rings. The van der Waals surface area contributed by atoms with Gasteiger partial charge in [-0.2, -0.15) is 0 Å². The fourth-order valence-electron chi connectivity index (χ4n) is 4.19. The van der Waals surface area contributed by atoms with E-state index < -0.39 is 0 Å². The van der Waals surface area contributed by atoms with Crippen LogP contribution in [0.4, 0.5) is 11.5 Å². The lowest BCUT2D eigenvalue weighted by molar-refractivity contribution is -0.357. The molecule has 1 aliphatic heterocycles. The van der Waals surface area contributed by atoms with Gasteiger partial charge in [0.2, 0.25) is 5.84 Å². The number of pyridine rings is 1. The second kappa shape index (κ2) is 6.28. The number of hydrogen-bond donors (Lipinski definition) is 2. The molecule has 0 saturated heterocycles. The van der Waals surface area contributed by atoms with E-state index in [2.05, 4.69) is 101 Å². The van der Waals surface area contributed by atoms with Crippen molar-refractivity contribution in [2.45, 2.75) is 0 Å². The molecule has 2 N–H and O–H groups in total. The van der Waals surface area contributed by atoms with Gasteiger partial charge in [0.15, 0.2) is 0 Å². The summed E-state index contributed by atoms with van der Waals surface area (Å²) in [5, 5.41) is 8.43. The van der Waals surface area contributed by atoms with Crippen molar-refractivity contribution in [2.75, 3.05) is 5.32 Å². The second-order valence-electron chi connectivity index (χ2n) is 7.27. The number of anilines is 1. The molecule has 0 radical (unpaired) electrons. The third-order valence-electron chi connectivity index (χ3n) is 5.50. The highest BCUT2D eigenvalue weighted by molar-refractivity contribution is 6.24.